The molecule has 3 nitrogen and oxygen atoms in total. The Bertz CT molecular complexity index is 816. The second-order valence-electron chi connectivity index (χ2n) is 6.29. The fourth-order valence-electron chi connectivity index (χ4n) is 3.21. The smallest absolute Gasteiger partial charge is 0.337 e. The van der Waals surface area contributed by atoms with E-state index < -0.39 is 0 Å². The number of rotatable bonds is 4. The van der Waals surface area contributed by atoms with Gasteiger partial charge in [0, 0.05) is 6.99 Å². The number of benzene rings is 2. The first-order valence-electron chi connectivity index (χ1n) is 8.55. The van der Waals surface area contributed by atoms with Crippen molar-refractivity contribution < 1.29 is 15.7 Å². The second kappa shape index (κ2) is 7.90. The highest BCUT2D eigenvalue weighted by atomic mass is 16.5. The Hall–Kier alpha value is -2.73. The molecule has 0 saturated carbocycles. The summed E-state index contributed by atoms with van der Waals surface area (Å²) in [4.78, 5) is 11.4. The van der Waals surface area contributed by atoms with Crippen LogP contribution in [-0.2, 0) is 17.6 Å². The molecule has 3 rings (SSSR count). The second-order valence-corrected chi connectivity index (χ2v) is 6.29. The van der Waals surface area contributed by atoms with E-state index in [2.05, 4.69) is 30.0 Å². The van der Waals surface area contributed by atoms with E-state index >= 15 is 0 Å². The molecule has 0 fully saturated rings. The van der Waals surface area contributed by atoms with Crippen molar-refractivity contribution in [3.05, 3.63) is 64.7 Å². The third-order valence-corrected chi connectivity index (χ3v) is 4.57. The van der Waals surface area contributed by atoms with Gasteiger partial charge >= 0.3 is 5.97 Å². The zero-order chi connectivity index (χ0) is 17.6. The molecule has 130 valence electrons. The van der Waals surface area contributed by atoms with Crippen molar-refractivity contribution in [3.8, 4) is 17.6 Å². The third kappa shape index (κ3) is 4.22. The first-order valence-corrected chi connectivity index (χ1v) is 8.55. The molecule has 0 bridgehead atoms. The van der Waals surface area contributed by atoms with Crippen molar-refractivity contribution in [2.45, 2.75) is 26.2 Å². The highest BCUT2D eigenvalue weighted by Crippen LogP contribution is 2.27. The van der Waals surface area contributed by atoms with Gasteiger partial charge in [-0.3, -0.25) is 0 Å². The molecule has 25 heavy (non-hydrogen) atoms. The fraction of sp³-hybridized carbons (Fsp3) is 0.318. The van der Waals surface area contributed by atoms with Crippen molar-refractivity contribution in [2.75, 3.05) is 13.7 Å². The Morgan fingerprint density at radius 2 is 2.00 bits per heavy atom. The molecule has 2 aromatic rings. The van der Waals surface area contributed by atoms with Gasteiger partial charge in [-0.15, -0.1) is 5.92 Å². The van der Waals surface area contributed by atoms with Crippen molar-refractivity contribution in [3.63, 3.8) is 0 Å². The Morgan fingerprint density at radius 1 is 1.20 bits per heavy atom. The summed E-state index contributed by atoms with van der Waals surface area (Å²) in [5.41, 5.74) is 4.45. The SMILES string of the molecule is CC#Cc1ccc2c(c1)CCC(COc1ccc(C(=O)OC)cc1)C2.[HH]. The lowest BCUT2D eigenvalue weighted by Gasteiger charge is -2.25. The van der Waals surface area contributed by atoms with E-state index in [-0.39, 0.29) is 7.40 Å². The average molecular weight is 336 g/mol. The lowest BCUT2D eigenvalue weighted by molar-refractivity contribution is 0.0600. The summed E-state index contributed by atoms with van der Waals surface area (Å²) in [5.74, 6) is 7.04. The van der Waals surface area contributed by atoms with E-state index in [9.17, 15) is 4.79 Å². The molecule has 0 radical (unpaired) electrons. The van der Waals surface area contributed by atoms with Crippen molar-refractivity contribution >= 4 is 5.97 Å². The quantitative estimate of drug-likeness (QED) is 0.618. The van der Waals surface area contributed by atoms with Gasteiger partial charge in [-0.25, -0.2) is 4.79 Å². The Labute approximate surface area is 150 Å². The standard InChI is InChI=1S/C22H22O3.H2/c1-3-4-16-5-7-20-14-17(6-8-19(20)13-16)15-25-21-11-9-18(10-12-21)22(23)24-2;/h5,7,9-13,17H,6,8,14-15H2,1-2H3;1H. The number of hydrogen-bond acceptors (Lipinski definition) is 3. The first kappa shape index (κ1) is 17.1. The van der Waals surface area contributed by atoms with E-state index in [1.54, 1.807) is 12.1 Å². The number of methoxy groups -OCH3 is 1. The van der Waals surface area contributed by atoms with Crippen LogP contribution in [0.5, 0.6) is 5.75 Å². The number of carbonyl (C=O) groups excluding carboxylic acids is 1. The molecular weight excluding hydrogens is 312 g/mol. The normalized spacial score (nSPS) is 15.5. The monoisotopic (exact) mass is 336 g/mol. The Morgan fingerprint density at radius 3 is 2.72 bits per heavy atom. The summed E-state index contributed by atoms with van der Waals surface area (Å²) in [7, 11) is 1.38. The largest absolute Gasteiger partial charge is 0.493 e. The summed E-state index contributed by atoms with van der Waals surface area (Å²) in [5, 5.41) is 0. The van der Waals surface area contributed by atoms with E-state index in [1.165, 1.54) is 18.2 Å². The summed E-state index contributed by atoms with van der Waals surface area (Å²) in [6.45, 7) is 2.55. The average Bonchev–Trinajstić information content (AvgIpc) is 2.66. The third-order valence-electron chi connectivity index (χ3n) is 4.57. The predicted octanol–water partition coefficient (Wildman–Crippen LogP) is 4.27. The topological polar surface area (TPSA) is 35.5 Å². The minimum absolute atomic E-state index is 0. The molecule has 0 heterocycles. The maximum Gasteiger partial charge on any atom is 0.337 e. The van der Waals surface area contributed by atoms with E-state index in [1.807, 2.05) is 19.1 Å². The molecular formula is C22H24O3. The summed E-state index contributed by atoms with van der Waals surface area (Å²) < 4.78 is 10.6. The van der Waals surface area contributed by atoms with Crippen molar-refractivity contribution in [1.82, 2.24) is 0 Å². The molecule has 1 aliphatic carbocycles. The van der Waals surface area contributed by atoms with Crippen LogP contribution in [0.15, 0.2) is 42.5 Å². The van der Waals surface area contributed by atoms with Gasteiger partial charge in [0.1, 0.15) is 5.75 Å². The van der Waals surface area contributed by atoms with Gasteiger partial charge in [-0.1, -0.05) is 12.0 Å². The molecule has 0 saturated heterocycles. The molecule has 0 aromatic heterocycles. The fourth-order valence-corrected chi connectivity index (χ4v) is 3.21. The molecule has 0 spiro atoms. The van der Waals surface area contributed by atoms with E-state index in [0.29, 0.717) is 18.1 Å². The maximum atomic E-state index is 11.4. The van der Waals surface area contributed by atoms with Crippen molar-refractivity contribution in [1.29, 1.82) is 0 Å². The first-order chi connectivity index (χ1) is 12.2. The van der Waals surface area contributed by atoms with Crippen LogP contribution in [0.3, 0.4) is 0 Å². The van der Waals surface area contributed by atoms with Crippen LogP contribution in [0.4, 0.5) is 0 Å². The molecule has 0 aliphatic heterocycles. The van der Waals surface area contributed by atoms with Crippen LogP contribution in [0.2, 0.25) is 0 Å². The lowest BCUT2D eigenvalue weighted by atomic mass is 9.83. The summed E-state index contributed by atoms with van der Waals surface area (Å²) >= 11 is 0. The number of carbonyl (C=O) groups is 1. The van der Waals surface area contributed by atoms with Crippen LogP contribution >= 0.6 is 0 Å². The minimum Gasteiger partial charge on any atom is -0.493 e. The van der Waals surface area contributed by atoms with Gasteiger partial charge in [-0.2, -0.15) is 0 Å². The Kier molecular flexibility index (Phi) is 5.40. The van der Waals surface area contributed by atoms with Crippen molar-refractivity contribution in [2.24, 2.45) is 5.92 Å². The zero-order valence-electron chi connectivity index (χ0n) is 14.7. The molecule has 0 N–H and O–H groups in total. The number of hydrogen-bond donors (Lipinski definition) is 0. The maximum absolute atomic E-state index is 11.4. The molecule has 3 heteroatoms. The van der Waals surface area contributed by atoms with Crippen LogP contribution in [-0.4, -0.2) is 19.7 Å². The van der Waals surface area contributed by atoms with E-state index in [0.717, 1.165) is 30.6 Å². The molecule has 2 aromatic carbocycles. The van der Waals surface area contributed by atoms with Gasteiger partial charge in [0.25, 0.3) is 0 Å². The Balaban J connectivity index is 0.00000243. The minimum atomic E-state index is -0.331. The lowest BCUT2D eigenvalue weighted by Crippen LogP contribution is -2.20. The van der Waals surface area contributed by atoms with E-state index in [4.69, 9.17) is 9.47 Å². The highest BCUT2D eigenvalue weighted by molar-refractivity contribution is 5.89. The summed E-state index contributed by atoms with van der Waals surface area (Å²) in [6, 6.07) is 13.6. The van der Waals surface area contributed by atoms with Gasteiger partial charge < -0.3 is 9.47 Å². The molecule has 1 unspecified atom stereocenters. The zero-order valence-corrected chi connectivity index (χ0v) is 14.7. The van der Waals surface area contributed by atoms with Gasteiger partial charge in [0.15, 0.2) is 0 Å². The number of ether oxygens (including phenoxy) is 2. The van der Waals surface area contributed by atoms with Crippen LogP contribution in [0, 0.1) is 17.8 Å². The number of aryl methyl sites for hydroxylation is 1. The van der Waals surface area contributed by atoms with Gasteiger partial charge in [-0.05, 0) is 79.6 Å². The molecule has 1 atom stereocenters. The van der Waals surface area contributed by atoms with Crippen LogP contribution in [0.25, 0.3) is 0 Å². The summed E-state index contributed by atoms with van der Waals surface area (Å²) in [6.07, 6.45) is 3.23. The van der Waals surface area contributed by atoms with Crippen LogP contribution < -0.4 is 4.74 Å². The number of fused-ring (bicyclic) bond motifs is 1. The number of esters is 1. The molecule has 0 amide bonds. The van der Waals surface area contributed by atoms with Gasteiger partial charge in [0.2, 0.25) is 0 Å². The molecule has 1 aliphatic rings. The van der Waals surface area contributed by atoms with Gasteiger partial charge in [0.05, 0.1) is 19.3 Å². The highest BCUT2D eigenvalue weighted by Gasteiger charge is 2.19. The predicted molar refractivity (Wildman–Crippen MR) is 99.9 cm³/mol. The van der Waals surface area contributed by atoms with Crippen LogP contribution in [0.1, 0.15) is 41.8 Å².